The summed E-state index contributed by atoms with van der Waals surface area (Å²) in [5, 5.41) is 8.21. The number of hydrogen-bond acceptors (Lipinski definition) is 6. The van der Waals surface area contributed by atoms with Gasteiger partial charge in [0.15, 0.2) is 0 Å². The highest BCUT2D eigenvalue weighted by Crippen LogP contribution is 2.32. The zero-order valence-electron chi connectivity index (χ0n) is 17.5. The van der Waals surface area contributed by atoms with Crippen molar-refractivity contribution in [2.75, 3.05) is 36.5 Å². The molecule has 0 unspecified atom stereocenters. The maximum absolute atomic E-state index is 13.5. The van der Waals surface area contributed by atoms with E-state index in [0.717, 1.165) is 24.3 Å². The van der Waals surface area contributed by atoms with E-state index in [2.05, 4.69) is 20.4 Å². The van der Waals surface area contributed by atoms with Gasteiger partial charge in [-0.2, -0.15) is 0 Å². The maximum atomic E-state index is 13.5. The fourth-order valence-corrected chi connectivity index (χ4v) is 4.08. The molecule has 8 heteroatoms. The summed E-state index contributed by atoms with van der Waals surface area (Å²) in [5.74, 6) is -0.280. The van der Waals surface area contributed by atoms with Crippen LogP contribution in [0.3, 0.4) is 0 Å². The Morgan fingerprint density at radius 2 is 1.88 bits per heavy atom. The minimum atomic E-state index is -0.280. The van der Waals surface area contributed by atoms with E-state index in [9.17, 15) is 4.79 Å². The van der Waals surface area contributed by atoms with E-state index in [4.69, 9.17) is 20.9 Å². The Morgan fingerprint density at radius 1 is 1.09 bits per heavy atom. The Labute approximate surface area is 189 Å². The number of nitrogens with one attached hydrogen (secondary N) is 1. The minimum Gasteiger partial charge on any atom is -0.378 e. The molecule has 5 rings (SSSR count). The normalized spacial score (nSPS) is 14.0. The molecule has 0 radical (unpaired) electrons. The predicted octanol–water partition coefficient (Wildman–Crippen LogP) is 4.94. The number of aryl methyl sites for hydroxylation is 1. The van der Waals surface area contributed by atoms with Crippen LogP contribution < -0.4 is 10.2 Å². The zero-order chi connectivity index (χ0) is 22.1. The molecule has 0 bridgehead atoms. The number of benzene rings is 2. The van der Waals surface area contributed by atoms with Gasteiger partial charge in [-0.1, -0.05) is 47.1 Å². The SMILES string of the molecule is Cc1noc2nc(-c3ccccc3)cc(C(=O)Nc3cc(Cl)ccc3N3CCOCC3)c12. The van der Waals surface area contributed by atoms with E-state index in [1.807, 2.05) is 42.5 Å². The van der Waals surface area contributed by atoms with Crippen LogP contribution in [0.4, 0.5) is 11.4 Å². The summed E-state index contributed by atoms with van der Waals surface area (Å²) < 4.78 is 10.9. The highest BCUT2D eigenvalue weighted by atomic mass is 35.5. The third-order valence-electron chi connectivity index (χ3n) is 5.49. The second-order valence-corrected chi connectivity index (χ2v) is 8.02. The fraction of sp³-hybridized carbons (Fsp3) is 0.208. The van der Waals surface area contributed by atoms with Gasteiger partial charge in [0.2, 0.25) is 0 Å². The van der Waals surface area contributed by atoms with E-state index >= 15 is 0 Å². The van der Waals surface area contributed by atoms with Crippen molar-refractivity contribution in [2.45, 2.75) is 6.92 Å². The number of pyridine rings is 1. The van der Waals surface area contributed by atoms with Gasteiger partial charge in [-0.25, -0.2) is 4.98 Å². The van der Waals surface area contributed by atoms with Crippen molar-refractivity contribution in [3.63, 3.8) is 0 Å². The molecule has 2 aromatic heterocycles. The molecule has 32 heavy (non-hydrogen) atoms. The van der Waals surface area contributed by atoms with Crippen molar-refractivity contribution in [3.8, 4) is 11.3 Å². The molecule has 7 nitrogen and oxygen atoms in total. The minimum absolute atomic E-state index is 0.280. The summed E-state index contributed by atoms with van der Waals surface area (Å²) in [6.45, 7) is 4.56. The number of carbonyl (C=O) groups is 1. The van der Waals surface area contributed by atoms with E-state index in [1.165, 1.54) is 0 Å². The van der Waals surface area contributed by atoms with Gasteiger partial charge < -0.3 is 19.5 Å². The summed E-state index contributed by atoms with van der Waals surface area (Å²) >= 11 is 6.26. The number of amides is 1. The van der Waals surface area contributed by atoms with Crippen molar-refractivity contribution in [2.24, 2.45) is 0 Å². The quantitative estimate of drug-likeness (QED) is 0.476. The summed E-state index contributed by atoms with van der Waals surface area (Å²) in [6.07, 6.45) is 0. The van der Waals surface area contributed by atoms with Crippen molar-refractivity contribution < 1.29 is 14.1 Å². The molecule has 1 amide bonds. The number of carbonyl (C=O) groups excluding carboxylic acids is 1. The highest BCUT2D eigenvalue weighted by molar-refractivity contribution is 6.31. The third-order valence-corrected chi connectivity index (χ3v) is 5.72. The van der Waals surface area contributed by atoms with Crippen LogP contribution in [0, 0.1) is 6.92 Å². The van der Waals surface area contributed by atoms with Crippen molar-refractivity contribution in [1.82, 2.24) is 10.1 Å². The number of fused-ring (bicyclic) bond motifs is 1. The Morgan fingerprint density at radius 3 is 2.66 bits per heavy atom. The van der Waals surface area contributed by atoms with Crippen LogP contribution in [0.25, 0.3) is 22.4 Å². The number of aromatic nitrogens is 2. The molecule has 0 spiro atoms. The lowest BCUT2D eigenvalue weighted by molar-refractivity contribution is 0.102. The first-order valence-corrected chi connectivity index (χ1v) is 10.7. The molecule has 162 valence electrons. The predicted molar refractivity (Wildman–Crippen MR) is 124 cm³/mol. The standard InChI is InChI=1S/C24H21ClN4O3/c1-15-22-18(14-19(27-24(22)32-28-15)16-5-3-2-4-6-16)23(30)26-20-13-17(25)7-8-21(20)29-9-11-31-12-10-29/h2-8,13-14H,9-12H2,1H3,(H,26,30). The second kappa shape index (κ2) is 8.61. The summed E-state index contributed by atoms with van der Waals surface area (Å²) in [7, 11) is 0. The Hall–Kier alpha value is -3.42. The van der Waals surface area contributed by atoms with E-state index in [0.29, 0.717) is 52.0 Å². The second-order valence-electron chi connectivity index (χ2n) is 7.58. The van der Waals surface area contributed by atoms with Gasteiger partial charge in [0.05, 0.1) is 46.9 Å². The first-order chi connectivity index (χ1) is 15.6. The average Bonchev–Trinajstić information content (AvgIpc) is 3.20. The maximum Gasteiger partial charge on any atom is 0.259 e. The first kappa shape index (κ1) is 20.5. The number of anilines is 2. The molecule has 1 saturated heterocycles. The van der Waals surface area contributed by atoms with Gasteiger partial charge in [-0.05, 0) is 31.2 Å². The van der Waals surface area contributed by atoms with Crippen LogP contribution >= 0.6 is 11.6 Å². The summed E-state index contributed by atoms with van der Waals surface area (Å²) in [6, 6.07) is 16.9. The van der Waals surface area contributed by atoms with E-state index < -0.39 is 0 Å². The number of rotatable bonds is 4. The monoisotopic (exact) mass is 448 g/mol. The van der Waals surface area contributed by atoms with Gasteiger partial charge in [-0.15, -0.1) is 0 Å². The Kier molecular flexibility index (Phi) is 5.51. The van der Waals surface area contributed by atoms with E-state index in [1.54, 1.807) is 19.1 Å². The zero-order valence-corrected chi connectivity index (χ0v) is 18.2. The van der Waals surface area contributed by atoms with Crippen LogP contribution in [-0.4, -0.2) is 42.4 Å². The largest absolute Gasteiger partial charge is 0.378 e. The number of morpholine rings is 1. The number of ether oxygens (including phenoxy) is 1. The summed E-state index contributed by atoms with van der Waals surface area (Å²) in [5.41, 5.74) is 4.45. The molecular formula is C24H21ClN4O3. The molecule has 0 saturated carbocycles. The van der Waals surface area contributed by atoms with Crippen LogP contribution in [0.1, 0.15) is 16.1 Å². The third kappa shape index (κ3) is 3.92. The smallest absolute Gasteiger partial charge is 0.259 e. The number of nitrogens with zero attached hydrogens (tertiary/aromatic N) is 3. The van der Waals surface area contributed by atoms with Crippen molar-refractivity contribution in [3.05, 3.63) is 70.9 Å². The number of halogens is 1. The molecule has 3 heterocycles. The molecule has 0 atom stereocenters. The molecule has 1 N–H and O–H groups in total. The molecular weight excluding hydrogens is 428 g/mol. The van der Waals surface area contributed by atoms with Crippen LogP contribution in [0.5, 0.6) is 0 Å². The van der Waals surface area contributed by atoms with E-state index in [-0.39, 0.29) is 5.91 Å². The van der Waals surface area contributed by atoms with Crippen LogP contribution in [0.15, 0.2) is 59.1 Å². The number of hydrogen-bond donors (Lipinski definition) is 1. The first-order valence-electron chi connectivity index (χ1n) is 10.4. The lowest BCUT2D eigenvalue weighted by atomic mass is 10.0. The van der Waals surface area contributed by atoms with Crippen LogP contribution in [-0.2, 0) is 4.74 Å². The topological polar surface area (TPSA) is 80.5 Å². The van der Waals surface area contributed by atoms with Gasteiger partial charge in [0.25, 0.3) is 11.6 Å². The molecule has 0 aliphatic carbocycles. The lowest BCUT2D eigenvalue weighted by Crippen LogP contribution is -2.36. The van der Waals surface area contributed by atoms with Crippen molar-refractivity contribution >= 4 is 40.0 Å². The van der Waals surface area contributed by atoms with Gasteiger partial charge in [-0.3, -0.25) is 4.79 Å². The Balaban J connectivity index is 1.56. The van der Waals surface area contributed by atoms with Gasteiger partial charge in [0, 0.05) is 23.7 Å². The molecule has 1 aliphatic heterocycles. The molecule has 2 aromatic carbocycles. The highest BCUT2D eigenvalue weighted by Gasteiger charge is 2.22. The van der Waals surface area contributed by atoms with Gasteiger partial charge >= 0.3 is 0 Å². The Bertz CT molecular complexity index is 1280. The molecule has 4 aromatic rings. The average molecular weight is 449 g/mol. The lowest BCUT2D eigenvalue weighted by Gasteiger charge is -2.30. The van der Waals surface area contributed by atoms with Crippen LogP contribution in [0.2, 0.25) is 5.02 Å². The van der Waals surface area contributed by atoms with Crippen molar-refractivity contribution in [1.29, 1.82) is 0 Å². The fourth-order valence-electron chi connectivity index (χ4n) is 3.91. The summed E-state index contributed by atoms with van der Waals surface area (Å²) in [4.78, 5) is 20.3. The molecule has 1 fully saturated rings. The molecule has 1 aliphatic rings. The van der Waals surface area contributed by atoms with Gasteiger partial charge in [0.1, 0.15) is 0 Å².